The van der Waals surface area contributed by atoms with Crippen LogP contribution >= 0.6 is 22.9 Å². The second-order valence-corrected chi connectivity index (χ2v) is 7.63. The van der Waals surface area contributed by atoms with Crippen LogP contribution in [0.4, 0.5) is 0 Å². The normalized spacial score (nSPS) is 10.7. The molecule has 0 unspecified atom stereocenters. The van der Waals surface area contributed by atoms with Crippen LogP contribution in [0.25, 0.3) is 11.5 Å². The lowest BCUT2D eigenvalue weighted by atomic mass is 10.2. The molecule has 1 amide bonds. The van der Waals surface area contributed by atoms with Gasteiger partial charge in [0.15, 0.2) is 0 Å². The number of aromatic nitrogens is 1. The summed E-state index contributed by atoms with van der Waals surface area (Å²) in [7, 11) is 0. The van der Waals surface area contributed by atoms with Crippen LogP contribution in [-0.4, -0.2) is 22.3 Å². The molecule has 0 aliphatic heterocycles. The molecule has 3 aromatic rings. The molecule has 0 aliphatic rings. The molecule has 0 N–H and O–H groups in total. The number of halogens is 1. The van der Waals surface area contributed by atoms with Gasteiger partial charge in [-0.25, -0.2) is 4.98 Å². The van der Waals surface area contributed by atoms with Crippen LogP contribution in [0, 0.1) is 6.92 Å². The quantitative estimate of drug-likeness (QED) is 0.529. The van der Waals surface area contributed by atoms with Gasteiger partial charge < -0.3 is 9.32 Å². The van der Waals surface area contributed by atoms with Gasteiger partial charge >= 0.3 is 0 Å². The van der Waals surface area contributed by atoms with E-state index < -0.39 is 0 Å². The van der Waals surface area contributed by atoms with E-state index in [4.69, 9.17) is 16.0 Å². The first-order valence-electron chi connectivity index (χ1n) is 8.21. The summed E-state index contributed by atoms with van der Waals surface area (Å²) in [5.74, 6) is 1.17. The van der Waals surface area contributed by atoms with E-state index in [-0.39, 0.29) is 12.3 Å². The standard InChI is InChI=1S/C20H19ClN2O2S/c1-3-11-23(13-16-9-10-18(21)26-16)19(24)12-17-14(2)25-20(22-17)15-7-5-4-6-8-15/h3-10H,1,11-13H2,2H3. The predicted molar refractivity (Wildman–Crippen MR) is 105 cm³/mol. The molecule has 4 nitrogen and oxygen atoms in total. The Bertz CT molecular complexity index is 902. The molecule has 0 spiro atoms. The van der Waals surface area contributed by atoms with Crippen molar-refractivity contribution in [1.82, 2.24) is 9.88 Å². The molecule has 1 aromatic carbocycles. The highest BCUT2D eigenvalue weighted by Crippen LogP contribution is 2.24. The van der Waals surface area contributed by atoms with Crippen molar-refractivity contribution in [3.63, 3.8) is 0 Å². The third-order valence-electron chi connectivity index (χ3n) is 3.91. The van der Waals surface area contributed by atoms with Crippen LogP contribution in [0.3, 0.4) is 0 Å². The van der Waals surface area contributed by atoms with Crippen LogP contribution in [0.5, 0.6) is 0 Å². The topological polar surface area (TPSA) is 46.3 Å². The van der Waals surface area contributed by atoms with Crippen LogP contribution < -0.4 is 0 Å². The number of thiophene rings is 1. The summed E-state index contributed by atoms with van der Waals surface area (Å²) in [6.07, 6.45) is 1.91. The van der Waals surface area contributed by atoms with Crippen molar-refractivity contribution < 1.29 is 9.21 Å². The fourth-order valence-corrected chi connectivity index (χ4v) is 3.69. The average molecular weight is 387 g/mol. The van der Waals surface area contributed by atoms with E-state index in [1.807, 2.05) is 49.4 Å². The Morgan fingerprint density at radius 1 is 1.31 bits per heavy atom. The minimum absolute atomic E-state index is 0.0227. The number of carbonyl (C=O) groups is 1. The Labute approximate surface area is 161 Å². The zero-order valence-electron chi connectivity index (χ0n) is 14.4. The van der Waals surface area contributed by atoms with Crippen molar-refractivity contribution in [2.24, 2.45) is 0 Å². The largest absolute Gasteiger partial charge is 0.441 e. The van der Waals surface area contributed by atoms with E-state index in [1.54, 1.807) is 11.0 Å². The molecule has 6 heteroatoms. The molecular formula is C20H19ClN2O2S. The van der Waals surface area contributed by atoms with Crippen molar-refractivity contribution in [3.05, 3.63) is 75.8 Å². The number of oxazole rings is 1. The van der Waals surface area contributed by atoms with Gasteiger partial charge in [-0.3, -0.25) is 4.79 Å². The zero-order valence-corrected chi connectivity index (χ0v) is 16.0. The molecule has 0 saturated carbocycles. The van der Waals surface area contributed by atoms with Gasteiger partial charge in [-0.1, -0.05) is 35.9 Å². The third kappa shape index (κ3) is 4.42. The lowest BCUT2D eigenvalue weighted by molar-refractivity contribution is -0.130. The first-order chi connectivity index (χ1) is 12.6. The minimum Gasteiger partial charge on any atom is -0.441 e. The van der Waals surface area contributed by atoms with Crippen molar-refractivity contribution in [3.8, 4) is 11.5 Å². The number of amides is 1. The summed E-state index contributed by atoms with van der Waals surface area (Å²) in [6.45, 7) is 6.55. The van der Waals surface area contributed by atoms with Crippen molar-refractivity contribution in [1.29, 1.82) is 0 Å². The Hall–Kier alpha value is -2.37. The summed E-state index contributed by atoms with van der Waals surface area (Å²) in [4.78, 5) is 20.1. The molecule has 134 valence electrons. The summed E-state index contributed by atoms with van der Waals surface area (Å²) < 4.78 is 6.46. The molecule has 0 atom stereocenters. The predicted octanol–water partition coefficient (Wildman–Crippen LogP) is 5.12. The van der Waals surface area contributed by atoms with Gasteiger partial charge in [-0.2, -0.15) is 0 Å². The highest BCUT2D eigenvalue weighted by molar-refractivity contribution is 7.16. The maximum atomic E-state index is 12.8. The van der Waals surface area contributed by atoms with E-state index in [0.717, 1.165) is 10.4 Å². The summed E-state index contributed by atoms with van der Waals surface area (Å²) >= 11 is 7.46. The van der Waals surface area contributed by atoms with E-state index in [2.05, 4.69) is 11.6 Å². The highest BCUT2D eigenvalue weighted by atomic mass is 35.5. The zero-order chi connectivity index (χ0) is 18.5. The average Bonchev–Trinajstić information content (AvgIpc) is 3.21. The second kappa shape index (κ2) is 8.34. The first kappa shape index (κ1) is 18.4. The fourth-order valence-electron chi connectivity index (χ4n) is 2.59. The molecule has 0 aliphatic carbocycles. The third-order valence-corrected chi connectivity index (χ3v) is 5.13. The smallest absolute Gasteiger partial charge is 0.229 e. The van der Waals surface area contributed by atoms with Gasteiger partial charge in [-0.15, -0.1) is 17.9 Å². The van der Waals surface area contributed by atoms with Crippen molar-refractivity contribution >= 4 is 28.8 Å². The minimum atomic E-state index is -0.0227. The summed E-state index contributed by atoms with van der Waals surface area (Å²) in [6, 6.07) is 13.4. The van der Waals surface area contributed by atoms with Crippen molar-refractivity contribution in [2.75, 3.05) is 6.54 Å². The molecule has 2 heterocycles. The first-order valence-corrected chi connectivity index (χ1v) is 9.41. The van der Waals surface area contributed by atoms with E-state index in [9.17, 15) is 4.79 Å². The number of nitrogens with zero attached hydrogens (tertiary/aromatic N) is 2. The van der Waals surface area contributed by atoms with Crippen LogP contribution in [-0.2, 0) is 17.8 Å². The Kier molecular flexibility index (Phi) is 5.91. The van der Waals surface area contributed by atoms with Gasteiger partial charge in [0.2, 0.25) is 11.8 Å². The molecule has 0 bridgehead atoms. The summed E-state index contributed by atoms with van der Waals surface area (Å²) in [5, 5.41) is 0. The Morgan fingerprint density at radius 3 is 2.73 bits per heavy atom. The fraction of sp³-hybridized carbons (Fsp3) is 0.200. The molecule has 2 aromatic heterocycles. The maximum absolute atomic E-state index is 12.8. The second-order valence-electron chi connectivity index (χ2n) is 5.83. The van der Waals surface area contributed by atoms with Crippen LogP contribution in [0.1, 0.15) is 16.3 Å². The van der Waals surface area contributed by atoms with E-state index in [0.29, 0.717) is 34.8 Å². The number of hydrogen-bond donors (Lipinski definition) is 0. The molecule has 0 saturated heterocycles. The lowest BCUT2D eigenvalue weighted by Gasteiger charge is -2.20. The van der Waals surface area contributed by atoms with Gasteiger partial charge in [0.25, 0.3) is 0 Å². The number of carbonyl (C=O) groups excluding carboxylic acids is 1. The van der Waals surface area contributed by atoms with Gasteiger partial charge in [0.05, 0.1) is 23.0 Å². The van der Waals surface area contributed by atoms with Gasteiger partial charge in [-0.05, 0) is 31.2 Å². The molecule has 3 rings (SSSR count). The van der Waals surface area contributed by atoms with Gasteiger partial charge in [0, 0.05) is 17.0 Å². The van der Waals surface area contributed by atoms with Gasteiger partial charge in [0.1, 0.15) is 5.76 Å². The molecular weight excluding hydrogens is 368 g/mol. The maximum Gasteiger partial charge on any atom is 0.229 e. The SMILES string of the molecule is C=CCN(Cc1ccc(Cl)s1)C(=O)Cc1nc(-c2ccccc2)oc1C. The van der Waals surface area contributed by atoms with Crippen LogP contribution in [0.15, 0.2) is 59.5 Å². The lowest BCUT2D eigenvalue weighted by Crippen LogP contribution is -2.32. The molecule has 26 heavy (non-hydrogen) atoms. The van der Waals surface area contributed by atoms with E-state index in [1.165, 1.54) is 11.3 Å². The number of aryl methyl sites for hydroxylation is 1. The number of hydrogen-bond acceptors (Lipinski definition) is 4. The molecule has 0 radical (unpaired) electrons. The van der Waals surface area contributed by atoms with E-state index >= 15 is 0 Å². The van der Waals surface area contributed by atoms with Crippen molar-refractivity contribution in [2.45, 2.75) is 19.9 Å². The Balaban J connectivity index is 1.74. The number of benzene rings is 1. The van der Waals surface area contributed by atoms with Crippen LogP contribution in [0.2, 0.25) is 4.34 Å². The summed E-state index contributed by atoms with van der Waals surface area (Å²) in [5.41, 5.74) is 1.55. The highest BCUT2D eigenvalue weighted by Gasteiger charge is 2.19. The monoisotopic (exact) mass is 386 g/mol. The molecule has 0 fully saturated rings. The number of rotatable bonds is 7. The Morgan fingerprint density at radius 2 is 2.08 bits per heavy atom.